The number of rotatable bonds is 5. The number of halogens is 1. The number of anilines is 1. The molecule has 2 aromatic carbocycles. The first kappa shape index (κ1) is 20.5. The van der Waals surface area contributed by atoms with Crippen LogP contribution in [-0.4, -0.2) is 25.6 Å². The summed E-state index contributed by atoms with van der Waals surface area (Å²) < 4.78 is 25.3. The second kappa shape index (κ2) is 8.14. The fraction of sp³-hybridized carbons (Fsp3) is 0.0952. The molecule has 0 aliphatic carbocycles. The number of hydrogen-bond donors (Lipinski definition) is 2. The Morgan fingerprint density at radius 2 is 1.83 bits per heavy atom. The van der Waals surface area contributed by atoms with Gasteiger partial charge in [-0.15, -0.1) is 11.3 Å². The fourth-order valence-corrected chi connectivity index (χ4v) is 4.74. The summed E-state index contributed by atoms with van der Waals surface area (Å²) >= 11 is 7.81. The number of hydrogen-bond acceptors (Lipinski definition) is 5. The summed E-state index contributed by atoms with van der Waals surface area (Å²) in [6.45, 7) is 0. The molecule has 0 spiro atoms. The summed E-state index contributed by atoms with van der Waals surface area (Å²) in [5.74, 6) is -0.236. The third-order valence-corrected chi connectivity index (χ3v) is 6.38. The Kier molecular flexibility index (Phi) is 5.55. The van der Waals surface area contributed by atoms with Crippen LogP contribution >= 0.6 is 22.9 Å². The number of carbonyl (C=O) groups excluding carboxylic acids is 1. The molecule has 1 aliphatic rings. The third kappa shape index (κ3) is 4.35. The van der Waals surface area contributed by atoms with Gasteiger partial charge >= 0.3 is 0 Å². The summed E-state index contributed by atoms with van der Waals surface area (Å²) in [6.07, 6.45) is 3.07. The lowest BCUT2D eigenvalue weighted by Crippen LogP contribution is -2.39. The van der Waals surface area contributed by atoms with Crippen LogP contribution < -0.4 is 10.1 Å². The standard InChI is InChI=1S/C21H18ClN3O3S2/c1-30(27,28)24-15-10-8-14(9-11-15)18-13-19(20-7-4-12-29-20)25(23-18)21(26)16-5-2-3-6-17(16)22/h2-13,19,23-24H,1H3. The normalized spacial score (nSPS) is 16.1. The molecule has 4 rings (SSSR count). The number of sulfonamides is 1. The van der Waals surface area contributed by atoms with Gasteiger partial charge in [0.15, 0.2) is 0 Å². The Morgan fingerprint density at radius 3 is 2.47 bits per heavy atom. The highest BCUT2D eigenvalue weighted by molar-refractivity contribution is 7.92. The molecule has 0 radical (unpaired) electrons. The number of nitrogens with one attached hydrogen (secondary N) is 2. The lowest BCUT2D eigenvalue weighted by Gasteiger charge is -2.25. The average Bonchev–Trinajstić information content (AvgIpc) is 3.37. The molecular weight excluding hydrogens is 442 g/mol. The van der Waals surface area contributed by atoms with Gasteiger partial charge in [0.05, 0.1) is 22.5 Å². The zero-order chi connectivity index (χ0) is 21.3. The first-order valence-corrected chi connectivity index (χ1v) is 12.1. The predicted octanol–water partition coefficient (Wildman–Crippen LogP) is 4.52. The maximum absolute atomic E-state index is 13.2. The van der Waals surface area contributed by atoms with Crippen LogP contribution in [0.1, 0.15) is 26.8 Å². The van der Waals surface area contributed by atoms with E-state index in [9.17, 15) is 13.2 Å². The SMILES string of the molecule is CS(=O)(=O)Nc1ccc(C2=CC(c3cccs3)N(C(=O)c3ccccc3Cl)N2)cc1. The van der Waals surface area contributed by atoms with Crippen LogP contribution in [0.15, 0.2) is 72.1 Å². The number of thiophene rings is 1. The second-order valence-corrected chi connectivity index (χ2v) is 9.89. The van der Waals surface area contributed by atoms with Gasteiger partial charge in [-0.25, -0.2) is 13.4 Å². The van der Waals surface area contributed by atoms with Gasteiger partial charge in [0.2, 0.25) is 10.0 Å². The molecule has 1 amide bonds. The first-order valence-electron chi connectivity index (χ1n) is 9.00. The zero-order valence-electron chi connectivity index (χ0n) is 15.9. The van der Waals surface area contributed by atoms with Crippen molar-refractivity contribution in [3.63, 3.8) is 0 Å². The number of carbonyl (C=O) groups is 1. The van der Waals surface area contributed by atoms with Crippen LogP contribution in [0.25, 0.3) is 5.70 Å². The van der Waals surface area contributed by atoms with Crippen LogP contribution in [0.4, 0.5) is 5.69 Å². The monoisotopic (exact) mass is 459 g/mol. The van der Waals surface area contributed by atoms with Crippen molar-refractivity contribution in [2.24, 2.45) is 0 Å². The van der Waals surface area contributed by atoms with Crippen molar-refractivity contribution >= 4 is 50.3 Å². The van der Waals surface area contributed by atoms with E-state index in [-0.39, 0.29) is 11.9 Å². The van der Waals surface area contributed by atoms with E-state index in [0.29, 0.717) is 16.3 Å². The van der Waals surface area contributed by atoms with Crippen molar-refractivity contribution < 1.29 is 13.2 Å². The quantitative estimate of drug-likeness (QED) is 0.588. The molecule has 154 valence electrons. The van der Waals surface area contributed by atoms with Crippen molar-refractivity contribution in [1.82, 2.24) is 10.4 Å². The lowest BCUT2D eigenvalue weighted by molar-refractivity contribution is 0.0675. The van der Waals surface area contributed by atoms with Gasteiger partial charge in [-0.1, -0.05) is 41.9 Å². The van der Waals surface area contributed by atoms with E-state index in [1.807, 2.05) is 23.6 Å². The van der Waals surface area contributed by atoms with Crippen LogP contribution in [0, 0.1) is 0 Å². The average molecular weight is 460 g/mol. The van der Waals surface area contributed by atoms with E-state index in [4.69, 9.17) is 11.6 Å². The van der Waals surface area contributed by atoms with E-state index in [0.717, 1.165) is 22.4 Å². The molecular formula is C21H18ClN3O3S2. The first-order chi connectivity index (χ1) is 14.3. The maximum Gasteiger partial charge on any atom is 0.274 e. The third-order valence-electron chi connectivity index (χ3n) is 4.50. The molecule has 0 bridgehead atoms. The van der Waals surface area contributed by atoms with Crippen LogP contribution in [0.5, 0.6) is 0 Å². The molecule has 1 aromatic heterocycles. The van der Waals surface area contributed by atoms with Gasteiger partial charge in [0, 0.05) is 10.6 Å². The second-order valence-electron chi connectivity index (χ2n) is 6.76. The molecule has 0 saturated heterocycles. The molecule has 1 atom stereocenters. The minimum Gasteiger partial charge on any atom is -0.294 e. The minimum atomic E-state index is -3.35. The minimum absolute atomic E-state index is 0.236. The summed E-state index contributed by atoms with van der Waals surface area (Å²) in [4.78, 5) is 14.2. The van der Waals surface area contributed by atoms with Crippen molar-refractivity contribution in [1.29, 1.82) is 0 Å². The highest BCUT2D eigenvalue weighted by Gasteiger charge is 2.32. The molecule has 2 heterocycles. The predicted molar refractivity (Wildman–Crippen MR) is 121 cm³/mol. The molecule has 3 aromatic rings. The van der Waals surface area contributed by atoms with Crippen LogP contribution in [-0.2, 0) is 10.0 Å². The topological polar surface area (TPSA) is 78.5 Å². The Morgan fingerprint density at radius 1 is 1.10 bits per heavy atom. The Hall–Kier alpha value is -2.81. The smallest absolute Gasteiger partial charge is 0.274 e. The van der Waals surface area contributed by atoms with Crippen molar-refractivity contribution in [3.8, 4) is 0 Å². The van der Waals surface area contributed by atoms with E-state index in [1.165, 1.54) is 0 Å². The number of benzene rings is 2. The maximum atomic E-state index is 13.2. The van der Waals surface area contributed by atoms with E-state index >= 15 is 0 Å². The molecule has 2 N–H and O–H groups in total. The number of amides is 1. The van der Waals surface area contributed by atoms with E-state index in [1.54, 1.807) is 64.9 Å². The fourth-order valence-electron chi connectivity index (χ4n) is 3.17. The Bertz CT molecular complexity index is 1210. The molecule has 0 saturated carbocycles. The highest BCUT2D eigenvalue weighted by atomic mass is 35.5. The molecule has 30 heavy (non-hydrogen) atoms. The van der Waals surface area contributed by atoms with Crippen molar-refractivity contribution in [2.75, 3.05) is 11.0 Å². The number of nitrogens with zero attached hydrogens (tertiary/aromatic N) is 1. The largest absolute Gasteiger partial charge is 0.294 e. The van der Waals surface area contributed by atoms with Gasteiger partial charge in [0.25, 0.3) is 5.91 Å². The van der Waals surface area contributed by atoms with E-state index < -0.39 is 10.0 Å². The van der Waals surface area contributed by atoms with Crippen LogP contribution in [0.2, 0.25) is 5.02 Å². The molecule has 9 heteroatoms. The molecule has 0 fully saturated rings. The zero-order valence-corrected chi connectivity index (χ0v) is 18.3. The van der Waals surface area contributed by atoms with Gasteiger partial charge < -0.3 is 0 Å². The molecule has 6 nitrogen and oxygen atoms in total. The summed E-state index contributed by atoms with van der Waals surface area (Å²) in [7, 11) is -3.35. The van der Waals surface area contributed by atoms with Crippen molar-refractivity contribution in [2.45, 2.75) is 6.04 Å². The van der Waals surface area contributed by atoms with Gasteiger partial charge in [-0.2, -0.15) is 0 Å². The van der Waals surface area contributed by atoms with Crippen molar-refractivity contribution in [3.05, 3.63) is 93.1 Å². The molecule has 1 aliphatic heterocycles. The highest BCUT2D eigenvalue weighted by Crippen LogP contribution is 2.35. The Balaban J connectivity index is 1.65. The molecule has 1 unspecified atom stereocenters. The van der Waals surface area contributed by atoms with Crippen LogP contribution in [0.3, 0.4) is 0 Å². The summed E-state index contributed by atoms with van der Waals surface area (Å²) in [5, 5.41) is 3.91. The summed E-state index contributed by atoms with van der Waals surface area (Å²) in [6, 6.07) is 17.5. The Labute approximate surface area is 183 Å². The lowest BCUT2D eigenvalue weighted by atomic mass is 10.1. The van der Waals surface area contributed by atoms with Gasteiger partial charge in [-0.3, -0.25) is 14.9 Å². The summed E-state index contributed by atoms with van der Waals surface area (Å²) in [5.41, 5.74) is 5.65. The van der Waals surface area contributed by atoms with Gasteiger partial charge in [0.1, 0.15) is 6.04 Å². The van der Waals surface area contributed by atoms with Gasteiger partial charge in [-0.05, 0) is 47.4 Å². The number of hydrazine groups is 1. The van der Waals surface area contributed by atoms with E-state index in [2.05, 4.69) is 10.1 Å².